The van der Waals surface area contributed by atoms with Gasteiger partial charge in [-0.3, -0.25) is 5.32 Å². The van der Waals surface area contributed by atoms with Crippen LogP contribution in [0.15, 0.2) is 0 Å². The number of nitriles is 1. The van der Waals surface area contributed by atoms with Gasteiger partial charge in [-0.25, -0.2) is 4.79 Å². The van der Waals surface area contributed by atoms with Crippen LogP contribution in [0.5, 0.6) is 0 Å². The van der Waals surface area contributed by atoms with E-state index in [1.54, 1.807) is 11.3 Å². The molecule has 0 saturated heterocycles. The van der Waals surface area contributed by atoms with E-state index in [9.17, 15) is 10.1 Å². The molecule has 0 bridgehead atoms. The van der Waals surface area contributed by atoms with Crippen molar-refractivity contribution in [3.8, 4) is 6.07 Å². The summed E-state index contributed by atoms with van der Waals surface area (Å²) in [5.41, 5.74) is 1.87. The fourth-order valence-corrected chi connectivity index (χ4v) is 5.09. The van der Waals surface area contributed by atoms with Gasteiger partial charge in [-0.2, -0.15) is 5.26 Å². The largest absolute Gasteiger partial charge is 0.335 e. The van der Waals surface area contributed by atoms with E-state index in [1.807, 2.05) is 0 Å². The summed E-state index contributed by atoms with van der Waals surface area (Å²) in [5, 5.41) is 16.3. The molecule has 1 aromatic heterocycles. The van der Waals surface area contributed by atoms with Crippen LogP contribution in [-0.4, -0.2) is 12.1 Å². The lowest BCUT2D eigenvalue weighted by atomic mass is 9.86. The van der Waals surface area contributed by atoms with Gasteiger partial charge in [0.15, 0.2) is 0 Å². The first-order chi connectivity index (χ1) is 11.2. The highest BCUT2D eigenvalue weighted by molar-refractivity contribution is 7.16. The van der Waals surface area contributed by atoms with Crippen molar-refractivity contribution in [2.75, 3.05) is 5.32 Å². The molecule has 2 aliphatic carbocycles. The van der Waals surface area contributed by atoms with Crippen LogP contribution in [-0.2, 0) is 12.8 Å². The van der Waals surface area contributed by atoms with Gasteiger partial charge in [-0.15, -0.1) is 11.3 Å². The van der Waals surface area contributed by atoms with E-state index in [0.29, 0.717) is 5.56 Å². The highest BCUT2D eigenvalue weighted by atomic mass is 32.1. The smallest absolute Gasteiger partial charge is 0.320 e. The molecule has 1 saturated carbocycles. The Kier molecular flexibility index (Phi) is 5.22. The Morgan fingerprint density at radius 3 is 2.78 bits per heavy atom. The number of carbonyl (C=O) groups is 1. The van der Waals surface area contributed by atoms with Crippen molar-refractivity contribution in [1.29, 1.82) is 5.26 Å². The molecule has 1 unspecified atom stereocenters. The molecule has 2 aliphatic rings. The van der Waals surface area contributed by atoms with Crippen molar-refractivity contribution in [1.82, 2.24) is 5.32 Å². The molecule has 1 fully saturated rings. The number of rotatable bonds is 3. The number of fused-ring (bicyclic) bond motifs is 1. The highest BCUT2D eigenvalue weighted by Gasteiger charge is 2.26. The summed E-state index contributed by atoms with van der Waals surface area (Å²) < 4.78 is 0. The fraction of sp³-hybridized carbons (Fsp3) is 0.667. The first-order valence-electron chi connectivity index (χ1n) is 8.83. The Labute approximate surface area is 142 Å². The molecule has 1 atom stereocenters. The van der Waals surface area contributed by atoms with E-state index in [2.05, 4.69) is 23.6 Å². The number of anilines is 1. The number of hydrogen-bond donors (Lipinski definition) is 2. The quantitative estimate of drug-likeness (QED) is 0.851. The van der Waals surface area contributed by atoms with Crippen molar-refractivity contribution >= 4 is 22.4 Å². The van der Waals surface area contributed by atoms with Crippen molar-refractivity contribution in [3.63, 3.8) is 0 Å². The minimum absolute atomic E-state index is 0.154. The zero-order valence-corrected chi connectivity index (χ0v) is 14.6. The van der Waals surface area contributed by atoms with Gasteiger partial charge in [-0.1, -0.05) is 32.6 Å². The third-order valence-corrected chi connectivity index (χ3v) is 6.39. The number of thiophene rings is 1. The Hall–Kier alpha value is -1.54. The zero-order chi connectivity index (χ0) is 16.2. The normalized spacial score (nSPS) is 21.3. The van der Waals surface area contributed by atoms with E-state index in [0.717, 1.165) is 43.0 Å². The highest BCUT2D eigenvalue weighted by Crippen LogP contribution is 2.39. The maximum atomic E-state index is 12.3. The second-order valence-electron chi connectivity index (χ2n) is 6.77. The van der Waals surface area contributed by atoms with Crippen molar-refractivity contribution in [3.05, 3.63) is 16.0 Å². The number of amides is 2. The standard InChI is InChI=1S/C18H25N3OS/c1-2-12-8-9-14-15(11-19)17(23-16(14)10-12)21-18(22)20-13-6-4-3-5-7-13/h12-13H,2-10H2,1H3,(H2,20,21,22). The second-order valence-corrected chi connectivity index (χ2v) is 7.88. The van der Waals surface area contributed by atoms with Crippen LogP contribution < -0.4 is 10.6 Å². The number of nitrogens with zero attached hydrogens (tertiary/aromatic N) is 1. The lowest BCUT2D eigenvalue weighted by Gasteiger charge is -2.22. The lowest BCUT2D eigenvalue weighted by molar-refractivity contribution is 0.244. The molecule has 0 aliphatic heterocycles. The maximum Gasteiger partial charge on any atom is 0.320 e. The van der Waals surface area contributed by atoms with Gasteiger partial charge >= 0.3 is 6.03 Å². The van der Waals surface area contributed by atoms with Crippen molar-refractivity contribution in [2.45, 2.75) is 70.8 Å². The van der Waals surface area contributed by atoms with Crippen LogP contribution in [0.25, 0.3) is 0 Å². The number of urea groups is 1. The van der Waals surface area contributed by atoms with E-state index < -0.39 is 0 Å². The molecule has 124 valence electrons. The molecule has 23 heavy (non-hydrogen) atoms. The third-order valence-electron chi connectivity index (χ3n) is 5.22. The molecule has 0 spiro atoms. The average Bonchev–Trinajstić information content (AvgIpc) is 2.91. The first-order valence-corrected chi connectivity index (χ1v) is 9.65. The Morgan fingerprint density at radius 1 is 1.30 bits per heavy atom. The van der Waals surface area contributed by atoms with Gasteiger partial charge in [0.25, 0.3) is 0 Å². The molecule has 1 aromatic rings. The number of nitrogens with one attached hydrogen (secondary N) is 2. The average molecular weight is 331 g/mol. The van der Waals surface area contributed by atoms with Crippen LogP contribution in [0.1, 0.15) is 67.9 Å². The Balaban J connectivity index is 1.69. The summed E-state index contributed by atoms with van der Waals surface area (Å²) in [6.45, 7) is 2.23. The van der Waals surface area contributed by atoms with Crippen LogP contribution in [0.3, 0.4) is 0 Å². The minimum atomic E-state index is -0.154. The van der Waals surface area contributed by atoms with E-state index >= 15 is 0 Å². The summed E-state index contributed by atoms with van der Waals surface area (Å²) in [7, 11) is 0. The summed E-state index contributed by atoms with van der Waals surface area (Å²) >= 11 is 1.60. The molecular formula is C18H25N3OS. The monoisotopic (exact) mass is 331 g/mol. The van der Waals surface area contributed by atoms with Crippen LogP contribution in [0, 0.1) is 17.2 Å². The topological polar surface area (TPSA) is 64.9 Å². The van der Waals surface area contributed by atoms with Gasteiger partial charge in [-0.05, 0) is 43.6 Å². The number of carbonyl (C=O) groups excluding carboxylic acids is 1. The predicted molar refractivity (Wildman–Crippen MR) is 93.9 cm³/mol. The Morgan fingerprint density at radius 2 is 2.09 bits per heavy atom. The summed E-state index contributed by atoms with van der Waals surface area (Å²) in [6.07, 6.45) is 10.2. The molecule has 0 aromatic carbocycles. The molecule has 2 N–H and O–H groups in total. The molecule has 1 heterocycles. The predicted octanol–water partition coefficient (Wildman–Crippen LogP) is 4.59. The molecule has 3 rings (SSSR count). The molecule has 2 amide bonds. The van der Waals surface area contributed by atoms with Crippen molar-refractivity contribution in [2.24, 2.45) is 5.92 Å². The van der Waals surface area contributed by atoms with E-state index in [-0.39, 0.29) is 12.1 Å². The van der Waals surface area contributed by atoms with Crippen LogP contribution >= 0.6 is 11.3 Å². The molecule has 0 radical (unpaired) electrons. The van der Waals surface area contributed by atoms with E-state index in [1.165, 1.54) is 36.1 Å². The maximum absolute atomic E-state index is 12.3. The Bertz CT molecular complexity index is 611. The number of hydrogen-bond acceptors (Lipinski definition) is 3. The summed E-state index contributed by atoms with van der Waals surface area (Å²) in [6, 6.07) is 2.45. The molecular weight excluding hydrogens is 306 g/mol. The first kappa shape index (κ1) is 16.3. The van der Waals surface area contributed by atoms with Gasteiger partial charge in [0.1, 0.15) is 11.1 Å². The lowest BCUT2D eigenvalue weighted by Crippen LogP contribution is -2.38. The van der Waals surface area contributed by atoms with Crippen LogP contribution in [0.2, 0.25) is 0 Å². The molecule has 5 heteroatoms. The zero-order valence-electron chi connectivity index (χ0n) is 13.8. The van der Waals surface area contributed by atoms with Gasteiger partial charge in [0.05, 0.1) is 5.56 Å². The third kappa shape index (κ3) is 3.69. The molecule has 4 nitrogen and oxygen atoms in total. The van der Waals surface area contributed by atoms with Gasteiger partial charge in [0, 0.05) is 10.9 Å². The van der Waals surface area contributed by atoms with Crippen molar-refractivity contribution < 1.29 is 4.79 Å². The van der Waals surface area contributed by atoms with Gasteiger partial charge < -0.3 is 5.32 Å². The second kappa shape index (κ2) is 7.35. The fourth-order valence-electron chi connectivity index (χ4n) is 3.78. The summed E-state index contributed by atoms with van der Waals surface area (Å²) in [4.78, 5) is 13.6. The minimum Gasteiger partial charge on any atom is -0.335 e. The van der Waals surface area contributed by atoms with Crippen LogP contribution in [0.4, 0.5) is 9.80 Å². The van der Waals surface area contributed by atoms with E-state index in [4.69, 9.17) is 0 Å². The van der Waals surface area contributed by atoms with Gasteiger partial charge in [0.2, 0.25) is 0 Å². The summed E-state index contributed by atoms with van der Waals surface area (Å²) in [5.74, 6) is 0.719. The SMILES string of the molecule is CCC1CCc2c(sc(NC(=O)NC3CCCCC3)c2C#N)C1.